The van der Waals surface area contributed by atoms with Gasteiger partial charge in [-0.25, -0.2) is 0 Å². The van der Waals surface area contributed by atoms with Gasteiger partial charge in [0.1, 0.15) is 16.2 Å². The molecule has 0 atom stereocenters. The monoisotopic (exact) mass is 349 g/mol. The molecule has 0 radical (unpaired) electrons. The molecule has 0 aliphatic carbocycles. The fraction of sp³-hybridized carbons (Fsp3) is 0.125. The first-order chi connectivity index (χ1) is 10.6. The third-order valence-electron chi connectivity index (χ3n) is 3.22. The van der Waals surface area contributed by atoms with Crippen LogP contribution in [0.2, 0.25) is 5.02 Å². The molecular weight excluding hydrogens is 336 g/mol. The van der Waals surface area contributed by atoms with Crippen LogP contribution in [-0.2, 0) is 0 Å². The highest BCUT2D eigenvalue weighted by molar-refractivity contribution is 8.13. The average molecular weight is 350 g/mol. The molecule has 1 heterocycles. The SMILES string of the molecule is CN(C)C(=O)Sc1ccc2c[nH+]sc2c1-c1ccc(Cl)cc1. The summed E-state index contributed by atoms with van der Waals surface area (Å²) in [5.74, 6) is 0. The van der Waals surface area contributed by atoms with Crippen LogP contribution in [0.15, 0.2) is 47.5 Å². The first kappa shape index (κ1) is 15.3. The summed E-state index contributed by atoms with van der Waals surface area (Å²) in [4.78, 5) is 14.6. The van der Waals surface area contributed by atoms with E-state index in [0.29, 0.717) is 5.02 Å². The highest BCUT2D eigenvalue weighted by Gasteiger charge is 2.18. The molecule has 0 fully saturated rings. The van der Waals surface area contributed by atoms with Gasteiger partial charge in [-0.15, -0.1) is 0 Å². The summed E-state index contributed by atoms with van der Waals surface area (Å²) < 4.78 is 4.31. The van der Waals surface area contributed by atoms with Gasteiger partial charge in [0, 0.05) is 29.6 Å². The molecule has 1 amide bonds. The fourth-order valence-electron chi connectivity index (χ4n) is 2.12. The van der Waals surface area contributed by atoms with Gasteiger partial charge in [-0.3, -0.25) is 4.79 Å². The van der Waals surface area contributed by atoms with Crippen LogP contribution in [-0.4, -0.2) is 24.2 Å². The minimum absolute atomic E-state index is 0.00935. The van der Waals surface area contributed by atoms with Gasteiger partial charge in [-0.05, 0) is 41.6 Å². The second kappa shape index (κ2) is 6.28. The Labute approximate surface area is 142 Å². The Morgan fingerprint density at radius 3 is 2.59 bits per heavy atom. The van der Waals surface area contributed by atoms with E-state index < -0.39 is 0 Å². The molecule has 2 aromatic carbocycles. The van der Waals surface area contributed by atoms with Gasteiger partial charge in [-0.1, -0.05) is 23.7 Å². The van der Waals surface area contributed by atoms with Gasteiger partial charge in [0.25, 0.3) is 5.24 Å². The smallest absolute Gasteiger partial charge is 0.285 e. The first-order valence-electron chi connectivity index (χ1n) is 6.64. The van der Waals surface area contributed by atoms with Crippen molar-refractivity contribution in [3.63, 3.8) is 0 Å². The van der Waals surface area contributed by atoms with Crippen LogP contribution in [0.25, 0.3) is 21.2 Å². The van der Waals surface area contributed by atoms with Crippen LogP contribution in [0.4, 0.5) is 4.79 Å². The molecule has 6 heteroatoms. The van der Waals surface area contributed by atoms with E-state index in [1.807, 2.05) is 42.6 Å². The number of rotatable bonds is 2. The van der Waals surface area contributed by atoms with Crippen LogP contribution >= 0.6 is 34.9 Å². The summed E-state index contributed by atoms with van der Waals surface area (Å²) in [6.45, 7) is 0. The lowest BCUT2D eigenvalue weighted by molar-refractivity contribution is -0.287. The second-order valence-electron chi connectivity index (χ2n) is 4.99. The average Bonchev–Trinajstić information content (AvgIpc) is 2.96. The van der Waals surface area contributed by atoms with E-state index in [1.54, 1.807) is 30.5 Å². The Hall–Kier alpha value is -1.56. The highest BCUT2D eigenvalue weighted by Crippen LogP contribution is 2.39. The minimum atomic E-state index is 0.00935. The predicted molar refractivity (Wildman–Crippen MR) is 93.8 cm³/mol. The van der Waals surface area contributed by atoms with E-state index in [2.05, 4.69) is 4.37 Å². The lowest BCUT2D eigenvalue weighted by Crippen LogP contribution is -2.16. The van der Waals surface area contributed by atoms with Crippen LogP contribution in [0.3, 0.4) is 0 Å². The van der Waals surface area contributed by atoms with Gasteiger partial charge in [0.05, 0.1) is 5.39 Å². The summed E-state index contributed by atoms with van der Waals surface area (Å²) in [5, 5.41) is 1.85. The van der Waals surface area contributed by atoms with Crippen molar-refractivity contribution in [3.05, 3.63) is 47.6 Å². The molecule has 0 aliphatic heterocycles. The van der Waals surface area contributed by atoms with Crippen molar-refractivity contribution in [2.45, 2.75) is 4.90 Å². The van der Waals surface area contributed by atoms with E-state index in [1.165, 1.54) is 11.8 Å². The Bertz CT molecular complexity index is 828. The predicted octanol–water partition coefficient (Wildman–Crippen LogP) is 4.81. The zero-order valence-corrected chi connectivity index (χ0v) is 14.5. The maximum Gasteiger partial charge on any atom is 0.285 e. The summed E-state index contributed by atoms with van der Waals surface area (Å²) in [6, 6.07) is 11.7. The van der Waals surface area contributed by atoms with Crippen molar-refractivity contribution in [2.24, 2.45) is 0 Å². The molecule has 112 valence electrons. The van der Waals surface area contributed by atoms with E-state index in [-0.39, 0.29) is 5.24 Å². The number of hydrogen-bond acceptors (Lipinski definition) is 3. The summed E-state index contributed by atoms with van der Waals surface area (Å²) >= 11 is 8.80. The molecule has 3 rings (SSSR count). The zero-order chi connectivity index (χ0) is 15.7. The number of aromatic nitrogens is 1. The number of carbonyl (C=O) groups excluding carboxylic acids is 1. The van der Waals surface area contributed by atoms with Crippen molar-refractivity contribution < 1.29 is 9.17 Å². The Morgan fingerprint density at radius 1 is 1.18 bits per heavy atom. The van der Waals surface area contributed by atoms with Gasteiger partial charge < -0.3 is 4.90 Å². The number of nitrogens with one attached hydrogen (secondary N) is 1. The quantitative estimate of drug-likeness (QED) is 0.622. The number of thioether (sulfide) groups is 1. The lowest BCUT2D eigenvalue weighted by atomic mass is 10.0. The second-order valence-corrected chi connectivity index (χ2v) is 7.27. The van der Waals surface area contributed by atoms with Gasteiger partial charge in [-0.2, -0.15) is 4.37 Å². The number of carbonyl (C=O) groups is 1. The minimum Gasteiger partial charge on any atom is -0.339 e. The molecule has 0 bridgehead atoms. The number of benzene rings is 2. The van der Waals surface area contributed by atoms with Crippen molar-refractivity contribution in [1.29, 1.82) is 0 Å². The van der Waals surface area contributed by atoms with Gasteiger partial charge in [0.15, 0.2) is 6.20 Å². The van der Waals surface area contributed by atoms with E-state index in [0.717, 1.165) is 26.1 Å². The number of halogens is 1. The topological polar surface area (TPSA) is 34.5 Å². The molecule has 0 aliphatic rings. The highest BCUT2D eigenvalue weighted by atomic mass is 35.5. The number of nitrogens with zero attached hydrogens (tertiary/aromatic N) is 1. The third-order valence-corrected chi connectivity index (χ3v) is 5.45. The van der Waals surface area contributed by atoms with Crippen molar-refractivity contribution in [3.8, 4) is 11.1 Å². The maximum atomic E-state index is 12.1. The Kier molecular flexibility index (Phi) is 4.38. The number of aromatic amines is 1. The third kappa shape index (κ3) is 2.97. The molecule has 0 saturated carbocycles. The molecule has 3 nitrogen and oxygen atoms in total. The lowest BCUT2D eigenvalue weighted by Gasteiger charge is -2.13. The Morgan fingerprint density at radius 2 is 1.91 bits per heavy atom. The summed E-state index contributed by atoms with van der Waals surface area (Å²) in [5.41, 5.74) is 2.13. The van der Waals surface area contributed by atoms with Crippen LogP contribution < -0.4 is 4.37 Å². The molecular formula is C16H14ClN2OS2+. The van der Waals surface area contributed by atoms with Crippen molar-refractivity contribution in [1.82, 2.24) is 4.90 Å². The molecule has 0 saturated heterocycles. The molecule has 0 spiro atoms. The fourth-order valence-corrected chi connectivity index (χ4v) is 4.01. The Balaban J connectivity index is 2.17. The standard InChI is InChI=1S/C16H13ClN2OS2/c1-19(2)16(20)21-13-8-5-11-9-18-22-15(11)14(13)10-3-6-12(17)7-4-10/h3-9H,1-2H3/p+1. The molecule has 22 heavy (non-hydrogen) atoms. The number of hydrogen-bond donors (Lipinski definition) is 0. The van der Waals surface area contributed by atoms with Crippen LogP contribution in [0.1, 0.15) is 0 Å². The molecule has 1 N–H and O–H groups in total. The van der Waals surface area contributed by atoms with Crippen molar-refractivity contribution in [2.75, 3.05) is 14.1 Å². The zero-order valence-electron chi connectivity index (χ0n) is 12.1. The largest absolute Gasteiger partial charge is 0.339 e. The van der Waals surface area contributed by atoms with Crippen LogP contribution in [0.5, 0.6) is 0 Å². The molecule has 3 aromatic rings. The van der Waals surface area contributed by atoms with Gasteiger partial charge in [0.2, 0.25) is 0 Å². The van der Waals surface area contributed by atoms with Crippen molar-refractivity contribution >= 4 is 50.2 Å². The first-order valence-corrected chi connectivity index (χ1v) is 8.65. The number of fused-ring (bicyclic) bond motifs is 1. The normalized spacial score (nSPS) is 10.9. The van der Waals surface area contributed by atoms with Crippen LogP contribution in [0, 0.1) is 0 Å². The maximum absolute atomic E-state index is 12.1. The number of H-pyrrole nitrogens is 1. The van der Waals surface area contributed by atoms with E-state index >= 15 is 0 Å². The summed E-state index contributed by atoms with van der Waals surface area (Å²) in [6.07, 6.45) is 1.97. The van der Waals surface area contributed by atoms with Gasteiger partial charge >= 0.3 is 0 Å². The van der Waals surface area contributed by atoms with E-state index in [4.69, 9.17) is 11.6 Å². The summed E-state index contributed by atoms with van der Waals surface area (Å²) in [7, 11) is 3.52. The molecule has 1 aromatic heterocycles. The molecule has 0 unspecified atom stereocenters. The number of amides is 1. The van der Waals surface area contributed by atoms with E-state index in [9.17, 15) is 4.79 Å².